The monoisotopic (exact) mass is 375 g/mol. The molecule has 2 heterocycles. The summed E-state index contributed by atoms with van der Waals surface area (Å²) < 4.78 is 18.5. The normalized spacial score (nSPS) is 10.8. The van der Waals surface area contributed by atoms with Gasteiger partial charge in [0.05, 0.1) is 14.2 Å². The number of hydrogen-bond acceptors (Lipinski definition) is 8. The van der Waals surface area contributed by atoms with E-state index in [0.717, 1.165) is 13.7 Å². The average molecular weight is 375 g/mol. The second-order valence-corrected chi connectivity index (χ2v) is 5.62. The zero-order chi connectivity index (χ0) is 19.7. The van der Waals surface area contributed by atoms with Crippen molar-refractivity contribution in [3.8, 4) is 23.0 Å². The molecule has 0 aliphatic carbocycles. The first-order valence-electron chi connectivity index (χ1n) is 7.79. The van der Waals surface area contributed by atoms with Gasteiger partial charge < -0.3 is 13.9 Å². The Morgan fingerprint density at radius 1 is 0.926 bits per heavy atom. The van der Waals surface area contributed by atoms with Gasteiger partial charge in [0.25, 0.3) is 0 Å². The molecule has 1 aromatic carbocycles. The lowest BCUT2D eigenvalue weighted by Crippen LogP contribution is -2.52. The van der Waals surface area contributed by atoms with Gasteiger partial charge in [-0.15, -0.1) is 10.2 Å². The summed E-state index contributed by atoms with van der Waals surface area (Å²) in [5, 5.41) is 7.80. The highest BCUT2D eigenvalue weighted by Crippen LogP contribution is 2.31. The quantitative estimate of drug-likeness (QED) is 0.577. The van der Waals surface area contributed by atoms with Crippen LogP contribution >= 0.6 is 0 Å². The zero-order valence-corrected chi connectivity index (χ0v) is 15.1. The molecule has 0 unspecified atom stereocenters. The molecule has 0 spiro atoms. The molecule has 142 valence electrons. The van der Waals surface area contributed by atoms with Crippen LogP contribution in [0.5, 0.6) is 11.5 Å². The Bertz CT molecular complexity index is 1130. The van der Waals surface area contributed by atoms with Gasteiger partial charge in [0, 0.05) is 19.7 Å². The molecule has 27 heavy (non-hydrogen) atoms. The van der Waals surface area contributed by atoms with E-state index in [1.54, 1.807) is 18.2 Å². The van der Waals surface area contributed by atoms with E-state index in [-0.39, 0.29) is 18.3 Å². The number of rotatable bonds is 5. The summed E-state index contributed by atoms with van der Waals surface area (Å²) in [6.07, 6.45) is 0. The third-order valence-corrected chi connectivity index (χ3v) is 4.00. The highest BCUT2D eigenvalue weighted by Gasteiger charge is 2.16. The lowest BCUT2D eigenvalue weighted by Gasteiger charge is -2.07. The first-order valence-corrected chi connectivity index (χ1v) is 7.79. The fraction of sp³-hybridized carbons (Fsp3) is 0.312. The molecule has 2 aromatic heterocycles. The van der Waals surface area contributed by atoms with Crippen molar-refractivity contribution in [1.82, 2.24) is 23.9 Å². The Balaban J connectivity index is 1.98. The molecule has 0 aliphatic heterocycles. The summed E-state index contributed by atoms with van der Waals surface area (Å²) in [4.78, 5) is 36.1. The molecule has 0 fully saturated rings. The average Bonchev–Trinajstić information content (AvgIpc) is 3.16. The molecule has 0 atom stereocenters. The van der Waals surface area contributed by atoms with Gasteiger partial charge >= 0.3 is 17.1 Å². The Morgan fingerprint density at radius 3 is 2.15 bits per heavy atom. The van der Waals surface area contributed by atoms with Crippen molar-refractivity contribution >= 4 is 0 Å². The minimum atomic E-state index is -0.769. The maximum atomic E-state index is 12.2. The Morgan fingerprint density at radius 2 is 1.56 bits per heavy atom. The van der Waals surface area contributed by atoms with Gasteiger partial charge in [-0.3, -0.25) is 0 Å². The van der Waals surface area contributed by atoms with Gasteiger partial charge in [-0.2, -0.15) is 0 Å². The van der Waals surface area contributed by atoms with E-state index in [2.05, 4.69) is 10.2 Å². The van der Waals surface area contributed by atoms with E-state index >= 15 is 0 Å². The van der Waals surface area contributed by atoms with Gasteiger partial charge in [-0.25, -0.2) is 28.1 Å². The molecule has 0 aliphatic rings. The molecule has 3 rings (SSSR count). The van der Waals surface area contributed by atoms with Crippen molar-refractivity contribution in [2.45, 2.75) is 6.54 Å². The predicted molar refractivity (Wildman–Crippen MR) is 93.1 cm³/mol. The van der Waals surface area contributed by atoms with Crippen LogP contribution in [0, 0.1) is 0 Å². The van der Waals surface area contributed by atoms with Crippen LogP contribution in [0.25, 0.3) is 11.5 Å². The van der Waals surface area contributed by atoms with E-state index in [1.807, 2.05) is 0 Å². The second kappa shape index (κ2) is 6.94. The van der Waals surface area contributed by atoms with Gasteiger partial charge in [0.15, 0.2) is 11.5 Å². The Kier molecular flexibility index (Phi) is 4.67. The Hall–Kier alpha value is -3.63. The molecule has 0 bridgehead atoms. The van der Waals surface area contributed by atoms with E-state index in [9.17, 15) is 14.4 Å². The molecule has 0 N–H and O–H groups in total. The third-order valence-electron chi connectivity index (χ3n) is 4.00. The smallest absolute Gasteiger partial charge is 0.336 e. The summed E-state index contributed by atoms with van der Waals surface area (Å²) in [6, 6.07) is 5.05. The maximum Gasteiger partial charge on any atom is 0.336 e. The molecular formula is C16H17N5O6. The number of ether oxygens (including phenoxy) is 2. The summed E-state index contributed by atoms with van der Waals surface area (Å²) in [5.41, 5.74) is -1.67. The number of nitrogens with zero attached hydrogens (tertiary/aromatic N) is 5. The summed E-state index contributed by atoms with van der Waals surface area (Å²) >= 11 is 0. The molecule has 11 heteroatoms. The summed E-state index contributed by atoms with van der Waals surface area (Å²) in [6.45, 7) is -0.264. The van der Waals surface area contributed by atoms with Gasteiger partial charge in [0.2, 0.25) is 11.8 Å². The first kappa shape index (κ1) is 18.2. The van der Waals surface area contributed by atoms with Crippen molar-refractivity contribution in [1.29, 1.82) is 0 Å². The van der Waals surface area contributed by atoms with Crippen LogP contribution in [-0.4, -0.2) is 38.1 Å². The number of aromatic nitrogens is 5. The summed E-state index contributed by atoms with van der Waals surface area (Å²) in [7, 11) is 5.59. The van der Waals surface area contributed by atoms with E-state index in [1.165, 1.54) is 28.3 Å². The first-order chi connectivity index (χ1) is 12.9. The molecular weight excluding hydrogens is 358 g/mol. The molecule has 0 radical (unpaired) electrons. The minimum absolute atomic E-state index is 0.0395. The van der Waals surface area contributed by atoms with Crippen LogP contribution in [0.2, 0.25) is 0 Å². The van der Waals surface area contributed by atoms with Crippen molar-refractivity contribution in [3.63, 3.8) is 0 Å². The molecule has 0 amide bonds. The van der Waals surface area contributed by atoms with Crippen LogP contribution in [0.1, 0.15) is 5.89 Å². The van der Waals surface area contributed by atoms with Crippen molar-refractivity contribution in [2.75, 3.05) is 14.2 Å². The number of benzene rings is 1. The highest BCUT2D eigenvalue weighted by atomic mass is 16.5. The van der Waals surface area contributed by atoms with Crippen LogP contribution in [0.4, 0.5) is 0 Å². The fourth-order valence-corrected chi connectivity index (χ4v) is 2.51. The SMILES string of the molecule is COc1ccc(-c2nnc(Cn3c(=O)n(C)c(=O)n(C)c3=O)o2)cc1OC. The highest BCUT2D eigenvalue weighted by molar-refractivity contribution is 5.59. The fourth-order valence-electron chi connectivity index (χ4n) is 2.51. The van der Waals surface area contributed by atoms with E-state index < -0.39 is 17.1 Å². The number of hydrogen-bond donors (Lipinski definition) is 0. The van der Waals surface area contributed by atoms with Gasteiger partial charge in [-0.1, -0.05) is 0 Å². The molecule has 0 saturated heterocycles. The van der Waals surface area contributed by atoms with Gasteiger partial charge in [0.1, 0.15) is 6.54 Å². The lowest BCUT2D eigenvalue weighted by molar-refractivity contribution is 0.355. The molecule has 11 nitrogen and oxygen atoms in total. The zero-order valence-electron chi connectivity index (χ0n) is 15.1. The van der Waals surface area contributed by atoms with Crippen LogP contribution in [-0.2, 0) is 20.6 Å². The predicted octanol–water partition coefficient (Wildman–Crippen LogP) is -0.639. The second-order valence-electron chi connectivity index (χ2n) is 5.62. The van der Waals surface area contributed by atoms with E-state index in [0.29, 0.717) is 17.1 Å². The van der Waals surface area contributed by atoms with E-state index in [4.69, 9.17) is 13.9 Å². The standard InChI is InChI=1S/C16H17N5O6/c1-19-14(22)20(2)16(24)21(15(19)23)8-12-17-18-13(27-12)9-5-6-10(25-3)11(7-9)26-4/h5-7H,8H2,1-4H3. The van der Waals surface area contributed by atoms with Crippen molar-refractivity contribution in [3.05, 3.63) is 55.5 Å². The topological polar surface area (TPSA) is 123 Å². The van der Waals surface area contributed by atoms with Gasteiger partial charge in [-0.05, 0) is 18.2 Å². The molecule has 0 saturated carbocycles. The van der Waals surface area contributed by atoms with Crippen molar-refractivity contribution < 1.29 is 13.9 Å². The summed E-state index contributed by atoms with van der Waals surface area (Å²) in [5.74, 6) is 1.25. The number of methoxy groups -OCH3 is 2. The van der Waals surface area contributed by atoms with Crippen LogP contribution < -0.4 is 26.5 Å². The third kappa shape index (κ3) is 3.14. The lowest BCUT2D eigenvalue weighted by atomic mass is 10.2. The van der Waals surface area contributed by atoms with Crippen molar-refractivity contribution in [2.24, 2.45) is 14.1 Å². The maximum absolute atomic E-state index is 12.2. The van der Waals surface area contributed by atoms with Crippen LogP contribution in [0.3, 0.4) is 0 Å². The Labute approximate surface area is 152 Å². The molecule has 3 aromatic rings. The van der Waals surface area contributed by atoms with Crippen LogP contribution in [0.15, 0.2) is 37.0 Å². The largest absolute Gasteiger partial charge is 0.493 e. The minimum Gasteiger partial charge on any atom is -0.493 e.